The molecule has 2 N–H and O–H groups in total. The van der Waals surface area contributed by atoms with Gasteiger partial charge in [0.15, 0.2) is 0 Å². The van der Waals surface area contributed by atoms with E-state index in [1.807, 2.05) is 0 Å². The Bertz CT molecular complexity index is 1430. The Hall–Kier alpha value is -3.65. The van der Waals surface area contributed by atoms with E-state index in [0.717, 1.165) is 10.4 Å². The van der Waals surface area contributed by atoms with Gasteiger partial charge in [-0.05, 0) is 36.1 Å². The van der Waals surface area contributed by atoms with E-state index < -0.39 is 38.5 Å². The van der Waals surface area contributed by atoms with Crippen molar-refractivity contribution in [2.24, 2.45) is 10.7 Å². The third kappa shape index (κ3) is 3.52. The first-order chi connectivity index (χ1) is 15.1. The lowest BCUT2D eigenvalue weighted by Gasteiger charge is -2.35. The van der Waals surface area contributed by atoms with Crippen molar-refractivity contribution in [3.05, 3.63) is 76.5 Å². The van der Waals surface area contributed by atoms with Gasteiger partial charge in [0, 0.05) is 25.9 Å². The van der Waals surface area contributed by atoms with E-state index in [4.69, 9.17) is 12.3 Å². The van der Waals surface area contributed by atoms with Crippen molar-refractivity contribution >= 4 is 32.6 Å². The van der Waals surface area contributed by atoms with Crippen LogP contribution in [0.2, 0.25) is 0 Å². The molecule has 1 aromatic carbocycles. The summed E-state index contributed by atoms with van der Waals surface area (Å²) in [5.74, 6) is -2.82. The van der Waals surface area contributed by atoms with Crippen molar-refractivity contribution in [1.82, 2.24) is 14.3 Å². The minimum atomic E-state index is -3.91. The van der Waals surface area contributed by atoms with Gasteiger partial charge in [-0.15, -0.1) is 0 Å². The number of nitrogens with zero attached hydrogens (tertiary/aromatic N) is 5. The number of pyridine rings is 2. The molecule has 1 atom stereocenters. The third-order valence-corrected chi connectivity index (χ3v) is 7.37. The Balaban J connectivity index is 1.83. The highest BCUT2D eigenvalue weighted by Gasteiger charge is 2.43. The minimum Gasteiger partial charge on any atom is -0.369 e. The zero-order valence-corrected chi connectivity index (χ0v) is 18.0. The Morgan fingerprint density at radius 1 is 1.28 bits per heavy atom. The normalized spacial score (nSPS) is 20.1. The average molecular weight is 456 g/mol. The molecule has 0 bridgehead atoms. The number of rotatable bonds is 3. The van der Waals surface area contributed by atoms with Gasteiger partial charge in [0.05, 0.1) is 29.1 Å². The van der Waals surface area contributed by atoms with Crippen LogP contribution in [0.4, 0.5) is 14.5 Å². The van der Waals surface area contributed by atoms with Gasteiger partial charge < -0.3 is 5.73 Å². The highest BCUT2D eigenvalue weighted by atomic mass is 32.2. The molecule has 3 aromatic rings. The van der Waals surface area contributed by atoms with Crippen molar-refractivity contribution < 1.29 is 17.2 Å². The number of hydrogen-bond donors (Lipinski definition) is 1. The number of benzene rings is 1. The van der Waals surface area contributed by atoms with Crippen molar-refractivity contribution in [2.75, 3.05) is 12.8 Å². The third-order valence-electron chi connectivity index (χ3n) is 5.42. The van der Waals surface area contributed by atoms with Gasteiger partial charge in [-0.25, -0.2) is 31.3 Å². The minimum absolute atomic E-state index is 0.0251. The zero-order chi connectivity index (χ0) is 23.3. The molecular weight excluding hydrogens is 438 g/mol. The number of guanidine groups is 1. The second kappa shape index (κ2) is 7.49. The molecule has 0 spiro atoms. The molecule has 0 radical (unpaired) electrons. The Morgan fingerprint density at radius 2 is 2.03 bits per heavy atom. The fraction of sp³-hybridized carbons (Fsp3) is 0.238. The maximum absolute atomic E-state index is 15.6. The van der Waals surface area contributed by atoms with Crippen LogP contribution < -0.4 is 5.73 Å². The van der Waals surface area contributed by atoms with Gasteiger partial charge in [-0.2, -0.15) is 0 Å². The summed E-state index contributed by atoms with van der Waals surface area (Å²) < 4.78 is 56.1. The van der Waals surface area contributed by atoms with Crippen molar-refractivity contribution in [3.63, 3.8) is 0 Å². The maximum Gasteiger partial charge on any atom is 0.239 e. The predicted molar refractivity (Wildman–Crippen MR) is 115 cm³/mol. The van der Waals surface area contributed by atoms with Crippen LogP contribution in [0.3, 0.4) is 0 Å². The van der Waals surface area contributed by atoms with Gasteiger partial charge >= 0.3 is 0 Å². The molecule has 164 valence electrons. The highest BCUT2D eigenvalue weighted by molar-refractivity contribution is 7.89. The molecule has 1 aliphatic heterocycles. The number of sulfonamides is 1. The lowest BCUT2D eigenvalue weighted by Crippen LogP contribution is -2.50. The number of aliphatic imine (C=N–C) groups is 1. The molecule has 8 nitrogen and oxygen atoms in total. The van der Waals surface area contributed by atoms with Crippen molar-refractivity contribution in [1.29, 1.82) is 0 Å². The molecule has 32 heavy (non-hydrogen) atoms. The van der Waals surface area contributed by atoms with Crippen LogP contribution in [0.25, 0.3) is 15.7 Å². The second-order valence-electron chi connectivity index (χ2n) is 7.67. The molecule has 0 saturated heterocycles. The number of fused-ring (bicyclic) bond motifs is 1. The quantitative estimate of drug-likeness (QED) is 0.610. The van der Waals surface area contributed by atoms with Crippen LogP contribution in [0.1, 0.15) is 23.7 Å². The van der Waals surface area contributed by atoms with Crippen LogP contribution in [-0.4, -0.2) is 41.5 Å². The lowest BCUT2D eigenvalue weighted by atomic mass is 9.90. The first-order valence-electron chi connectivity index (χ1n) is 9.46. The summed E-state index contributed by atoms with van der Waals surface area (Å²) in [6, 6.07) is 5.69. The lowest BCUT2D eigenvalue weighted by molar-refractivity contribution is 0.431. The summed E-state index contributed by atoms with van der Waals surface area (Å²) in [7, 11) is -2.68. The van der Waals surface area contributed by atoms with Gasteiger partial charge in [0.2, 0.25) is 21.7 Å². The van der Waals surface area contributed by atoms with E-state index in [-0.39, 0.29) is 17.9 Å². The molecule has 0 amide bonds. The van der Waals surface area contributed by atoms with Crippen LogP contribution in [0.5, 0.6) is 0 Å². The first kappa shape index (κ1) is 21.6. The van der Waals surface area contributed by atoms with E-state index in [2.05, 4.69) is 19.8 Å². The van der Waals surface area contributed by atoms with Gasteiger partial charge in [-0.3, -0.25) is 9.97 Å². The molecule has 0 unspecified atom stereocenters. The van der Waals surface area contributed by atoms with Gasteiger partial charge in [-0.1, -0.05) is 6.07 Å². The molecule has 0 aliphatic carbocycles. The SMILES string of the molecule is [C-]#[N+]c1cnc2c(Cc3ccc(F)c([C@]4(C)CS(=O)(=O)N(C)C(N)=N4)c3F)nccc2c1. The molecule has 0 saturated carbocycles. The van der Waals surface area contributed by atoms with E-state index in [1.165, 1.54) is 32.4 Å². The van der Waals surface area contributed by atoms with Crippen molar-refractivity contribution in [2.45, 2.75) is 18.9 Å². The largest absolute Gasteiger partial charge is 0.369 e. The summed E-state index contributed by atoms with van der Waals surface area (Å²) in [5, 5.41) is 0.664. The Morgan fingerprint density at radius 3 is 2.72 bits per heavy atom. The van der Waals surface area contributed by atoms with Crippen LogP contribution in [-0.2, 0) is 22.0 Å². The molecule has 3 heterocycles. The van der Waals surface area contributed by atoms with Crippen LogP contribution >= 0.6 is 0 Å². The summed E-state index contributed by atoms with van der Waals surface area (Å²) >= 11 is 0. The highest BCUT2D eigenvalue weighted by Crippen LogP contribution is 2.36. The second-order valence-corrected chi connectivity index (χ2v) is 9.67. The van der Waals surface area contributed by atoms with Gasteiger partial charge in [0.1, 0.15) is 17.2 Å². The number of halogens is 2. The average Bonchev–Trinajstić information content (AvgIpc) is 2.73. The zero-order valence-electron chi connectivity index (χ0n) is 17.2. The van der Waals surface area contributed by atoms with Gasteiger partial charge in [0.25, 0.3) is 0 Å². The summed E-state index contributed by atoms with van der Waals surface area (Å²) in [4.78, 5) is 16.0. The first-order valence-corrected chi connectivity index (χ1v) is 11.1. The topological polar surface area (TPSA) is 106 Å². The van der Waals surface area contributed by atoms with E-state index in [1.54, 1.807) is 12.1 Å². The van der Waals surface area contributed by atoms with Crippen LogP contribution in [0.15, 0.2) is 41.7 Å². The molecule has 1 aliphatic rings. The Labute approximate surface area is 183 Å². The van der Waals surface area contributed by atoms with Crippen molar-refractivity contribution in [3.8, 4) is 0 Å². The van der Waals surface area contributed by atoms with E-state index in [0.29, 0.717) is 22.3 Å². The number of nitrogens with two attached hydrogens (primary N) is 1. The molecule has 2 aromatic heterocycles. The van der Waals surface area contributed by atoms with E-state index in [9.17, 15) is 12.8 Å². The number of aromatic nitrogens is 2. The molecule has 11 heteroatoms. The molecular formula is C21H18F2N6O2S. The standard InChI is InChI=1S/C21H18F2N6O2S/c1-21(11-32(30,31)29(3)20(24)28-21)17-15(22)5-4-12(18(17)23)9-16-19-13(6-7-26-16)8-14(25-2)10-27-19/h4-8,10H,9,11H2,1,3H3,(H2,24,28)/t21-/m0/s1. The number of hydrogen-bond acceptors (Lipinski definition) is 6. The maximum atomic E-state index is 15.6. The van der Waals surface area contributed by atoms with E-state index >= 15 is 4.39 Å². The predicted octanol–water partition coefficient (Wildman–Crippen LogP) is 2.85. The summed E-state index contributed by atoms with van der Waals surface area (Å²) in [6.45, 7) is 8.45. The monoisotopic (exact) mass is 456 g/mol. The molecule has 4 rings (SSSR count). The summed E-state index contributed by atoms with van der Waals surface area (Å²) in [6.07, 6.45) is 2.89. The van der Waals surface area contributed by atoms with Crippen LogP contribution in [0, 0.1) is 18.2 Å². The fourth-order valence-corrected chi connectivity index (χ4v) is 5.22. The molecule has 0 fully saturated rings. The smallest absolute Gasteiger partial charge is 0.239 e. The fourth-order valence-electron chi connectivity index (χ4n) is 3.78. The Kier molecular flexibility index (Phi) is 5.05. The summed E-state index contributed by atoms with van der Waals surface area (Å²) in [5.41, 5.74) is 4.89.